The number of carbonyl (C=O) groups is 2. The normalized spacial score (nSPS) is 17.8. The van der Waals surface area contributed by atoms with Crippen molar-refractivity contribution >= 4 is 33.7 Å². The molecule has 4 rings (SSSR count). The molecule has 2 aromatic carbocycles. The van der Waals surface area contributed by atoms with Crippen molar-refractivity contribution in [1.82, 2.24) is 15.6 Å². The molecule has 3 N–H and O–H groups in total. The van der Waals surface area contributed by atoms with Gasteiger partial charge in [0.1, 0.15) is 17.2 Å². The number of carbonyl (C=O) groups excluding carboxylic acids is 2. The number of rotatable bonds is 14. The standard InChI is InChI=1S/C36H49N5O6S/c1-25-18-29(25)24-41(23-27-16-12-9-13-17-27)32-20-28(19-31(38-32)40(6)48(7,45)46)33(43)37-22-30(42)36(5,21-26-14-10-8-11-15-26)39-34(44)47-35(2,3)4/h8-17,19-20,25,29-30,42H,18,21-24H2,1-7H3,(H,37,43)(H,39,44)/t25-,29+,30?,36+/m0/s1. The monoisotopic (exact) mass is 679 g/mol. The lowest BCUT2D eigenvalue weighted by Crippen LogP contribution is -2.59. The van der Waals surface area contributed by atoms with E-state index in [0.717, 1.165) is 28.1 Å². The molecule has 4 atom stereocenters. The van der Waals surface area contributed by atoms with Gasteiger partial charge < -0.3 is 25.4 Å². The maximum absolute atomic E-state index is 13.7. The fourth-order valence-corrected chi connectivity index (χ4v) is 5.86. The molecule has 0 saturated heterocycles. The molecule has 2 amide bonds. The number of nitrogens with zero attached hydrogens (tertiary/aromatic N) is 3. The number of aromatic nitrogens is 1. The van der Waals surface area contributed by atoms with E-state index in [1.165, 1.54) is 13.1 Å². The first-order valence-electron chi connectivity index (χ1n) is 16.2. The third-order valence-corrected chi connectivity index (χ3v) is 9.73. The van der Waals surface area contributed by atoms with Crippen molar-refractivity contribution in [1.29, 1.82) is 0 Å². The summed E-state index contributed by atoms with van der Waals surface area (Å²) in [5, 5.41) is 17.1. The van der Waals surface area contributed by atoms with Gasteiger partial charge in [0.05, 0.1) is 17.9 Å². The van der Waals surface area contributed by atoms with E-state index < -0.39 is 39.3 Å². The van der Waals surface area contributed by atoms with Gasteiger partial charge in [-0.2, -0.15) is 0 Å². The Labute approximate surface area is 284 Å². The van der Waals surface area contributed by atoms with E-state index in [0.29, 0.717) is 30.7 Å². The van der Waals surface area contributed by atoms with E-state index in [9.17, 15) is 23.1 Å². The highest BCUT2D eigenvalue weighted by atomic mass is 32.2. The van der Waals surface area contributed by atoms with E-state index >= 15 is 0 Å². The minimum atomic E-state index is -3.69. The number of pyridine rings is 1. The number of hydrogen-bond acceptors (Lipinski definition) is 8. The van der Waals surface area contributed by atoms with Crippen molar-refractivity contribution in [3.63, 3.8) is 0 Å². The average molecular weight is 680 g/mol. The van der Waals surface area contributed by atoms with Gasteiger partial charge >= 0.3 is 6.09 Å². The SMILES string of the molecule is C[C@H]1C[C@@H]1CN(Cc1ccccc1)c1cc(C(=O)NCC(O)[C@@](C)(Cc2ccccc2)NC(=O)OC(C)(C)C)cc(N(C)S(C)(=O)=O)n1. The molecule has 1 saturated carbocycles. The van der Waals surface area contributed by atoms with Gasteiger partial charge in [0.15, 0.2) is 0 Å². The fraction of sp³-hybridized carbons (Fsp3) is 0.472. The molecule has 1 heterocycles. The van der Waals surface area contributed by atoms with Crippen LogP contribution < -0.4 is 19.8 Å². The second-order valence-electron chi connectivity index (χ2n) is 14.1. The number of alkyl carbamates (subject to hydrolysis) is 1. The van der Waals surface area contributed by atoms with Crippen molar-refractivity contribution in [2.75, 3.05) is 35.6 Å². The number of benzene rings is 2. The summed E-state index contributed by atoms with van der Waals surface area (Å²) in [6.07, 6.45) is 0.511. The third kappa shape index (κ3) is 10.4. The molecular weight excluding hydrogens is 630 g/mol. The van der Waals surface area contributed by atoms with E-state index in [4.69, 9.17) is 9.72 Å². The van der Waals surface area contributed by atoms with Gasteiger partial charge in [-0.3, -0.25) is 9.10 Å². The zero-order valence-electron chi connectivity index (χ0n) is 28.9. The maximum atomic E-state index is 13.7. The molecule has 1 unspecified atom stereocenters. The van der Waals surface area contributed by atoms with E-state index in [-0.39, 0.29) is 24.3 Å². The molecule has 1 aliphatic rings. The number of nitrogens with one attached hydrogen (secondary N) is 2. The molecule has 0 aliphatic heterocycles. The van der Waals surface area contributed by atoms with Gasteiger partial charge in [-0.05, 0) is 75.6 Å². The van der Waals surface area contributed by atoms with Crippen LogP contribution in [0.15, 0.2) is 72.8 Å². The molecule has 0 bridgehead atoms. The topological polar surface area (TPSA) is 141 Å². The Kier molecular flexibility index (Phi) is 11.4. The second kappa shape index (κ2) is 14.9. The minimum absolute atomic E-state index is 0.100. The summed E-state index contributed by atoms with van der Waals surface area (Å²) in [5.41, 5.74) is 0.147. The molecule has 48 heavy (non-hydrogen) atoms. The molecule has 1 fully saturated rings. The van der Waals surface area contributed by atoms with Crippen molar-refractivity contribution in [2.45, 2.75) is 71.2 Å². The highest BCUT2D eigenvalue weighted by Gasteiger charge is 2.37. The molecule has 0 radical (unpaired) electrons. The molecule has 0 spiro atoms. The van der Waals surface area contributed by atoms with Crippen LogP contribution in [0.1, 0.15) is 62.5 Å². The quantitative estimate of drug-likeness (QED) is 0.222. The van der Waals surface area contributed by atoms with Gasteiger partial charge in [-0.1, -0.05) is 67.6 Å². The van der Waals surface area contributed by atoms with Crippen LogP contribution in [0.5, 0.6) is 0 Å². The number of hydrogen-bond donors (Lipinski definition) is 3. The first-order chi connectivity index (χ1) is 22.4. The first kappa shape index (κ1) is 36.7. The summed E-state index contributed by atoms with van der Waals surface area (Å²) in [6, 6.07) is 22.4. The third-order valence-electron chi connectivity index (χ3n) is 8.54. The van der Waals surface area contributed by atoms with Gasteiger partial charge in [0, 0.05) is 32.2 Å². The highest BCUT2D eigenvalue weighted by Crippen LogP contribution is 2.39. The minimum Gasteiger partial charge on any atom is -0.444 e. The lowest BCUT2D eigenvalue weighted by atomic mass is 9.87. The van der Waals surface area contributed by atoms with E-state index in [1.54, 1.807) is 33.8 Å². The molecule has 11 nitrogen and oxygen atoms in total. The number of sulfonamides is 1. The zero-order chi connectivity index (χ0) is 35.3. The Bertz CT molecular complexity index is 1670. The fourth-order valence-electron chi connectivity index (χ4n) is 5.42. The van der Waals surface area contributed by atoms with Crippen molar-refractivity contribution in [2.24, 2.45) is 11.8 Å². The Morgan fingerprint density at radius 2 is 1.56 bits per heavy atom. The zero-order valence-corrected chi connectivity index (χ0v) is 29.8. The number of aliphatic hydroxyl groups excluding tert-OH is 1. The van der Waals surface area contributed by atoms with Crippen molar-refractivity contribution in [3.8, 4) is 0 Å². The Morgan fingerprint density at radius 1 is 1.00 bits per heavy atom. The molecule has 12 heteroatoms. The van der Waals surface area contributed by atoms with Crippen molar-refractivity contribution in [3.05, 3.63) is 89.5 Å². The maximum Gasteiger partial charge on any atom is 0.408 e. The molecular formula is C36H49N5O6S. The van der Waals surface area contributed by atoms with Crippen LogP contribution in [0.3, 0.4) is 0 Å². The Balaban J connectivity index is 1.62. The Morgan fingerprint density at radius 3 is 2.10 bits per heavy atom. The number of ether oxygens (including phenoxy) is 1. The van der Waals surface area contributed by atoms with Crippen LogP contribution in [0.4, 0.5) is 16.4 Å². The van der Waals surface area contributed by atoms with Crippen LogP contribution >= 0.6 is 0 Å². The number of amides is 2. The van der Waals surface area contributed by atoms with Crippen molar-refractivity contribution < 1.29 is 27.9 Å². The van der Waals surface area contributed by atoms with Gasteiger partial charge in [-0.15, -0.1) is 0 Å². The summed E-state index contributed by atoms with van der Waals surface area (Å²) in [7, 11) is -2.29. The Hall–Kier alpha value is -4.16. The van der Waals surface area contributed by atoms with E-state index in [2.05, 4.69) is 22.5 Å². The van der Waals surface area contributed by atoms with Gasteiger partial charge in [0.25, 0.3) is 5.91 Å². The van der Waals surface area contributed by atoms with Crippen LogP contribution in [0.2, 0.25) is 0 Å². The van der Waals surface area contributed by atoms with Crippen LogP contribution in [-0.4, -0.2) is 74.1 Å². The molecule has 1 aromatic heterocycles. The summed E-state index contributed by atoms with van der Waals surface area (Å²) in [6.45, 7) is 10.2. The molecule has 260 valence electrons. The van der Waals surface area contributed by atoms with Gasteiger partial charge in [-0.25, -0.2) is 18.2 Å². The number of anilines is 2. The van der Waals surface area contributed by atoms with Crippen LogP contribution in [0, 0.1) is 11.8 Å². The molecule has 3 aromatic rings. The summed E-state index contributed by atoms with van der Waals surface area (Å²) < 4.78 is 31.6. The summed E-state index contributed by atoms with van der Waals surface area (Å²) in [5.74, 6) is 1.06. The number of aliphatic hydroxyl groups is 1. The smallest absolute Gasteiger partial charge is 0.408 e. The lowest BCUT2D eigenvalue weighted by molar-refractivity contribution is 0.0255. The van der Waals surface area contributed by atoms with Crippen LogP contribution in [-0.2, 0) is 27.7 Å². The van der Waals surface area contributed by atoms with Gasteiger partial charge in [0.2, 0.25) is 10.0 Å². The lowest BCUT2D eigenvalue weighted by Gasteiger charge is -2.36. The van der Waals surface area contributed by atoms with E-state index in [1.807, 2.05) is 60.7 Å². The second-order valence-corrected chi connectivity index (χ2v) is 16.1. The first-order valence-corrected chi connectivity index (χ1v) is 18.0. The average Bonchev–Trinajstić information content (AvgIpc) is 3.71. The predicted molar refractivity (Wildman–Crippen MR) is 189 cm³/mol. The largest absolute Gasteiger partial charge is 0.444 e. The highest BCUT2D eigenvalue weighted by molar-refractivity contribution is 7.92. The van der Waals surface area contributed by atoms with Crippen LogP contribution in [0.25, 0.3) is 0 Å². The summed E-state index contributed by atoms with van der Waals surface area (Å²) in [4.78, 5) is 33.4. The summed E-state index contributed by atoms with van der Waals surface area (Å²) >= 11 is 0. The molecule has 1 aliphatic carbocycles. The predicted octanol–water partition coefficient (Wildman–Crippen LogP) is 4.76.